The predicted octanol–water partition coefficient (Wildman–Crippen LogP) is 3.52. The van der Waals surface area contributed by atoms with E-state index in [1.54, 1.807) is 36.0 Å². The third-order valence-corrected chi connectivity index (χ3v) is 6.28. The molecule has 10 heteroatoms. The second-order valence-electron chi connectivity index (χ2n) is 8.58. The van der Waals surface area contributed by atoms with Crippen LogP contribution in [0, 0.1) is 13.8 Å². The van der Waals surface area contributed by atoms with Crippen molar-refractivity contribution in [3.05, 3.63) is 76.7 Å². The average Bonchev–Trinajstić information content (AvgIpc) is 3.53. The molecule has 1 aliphatic rings. The Kier molecular flexibility index (Phi) is 4.63. The van der Waals surface area contributed by atoms with Crippen LogP contribution in [0.3, 0.4) is 0 Å². The fourth-order valence-electron chi connectivity index (χ4n) is 4.53. The molecule has 10 nitrogen and oxygen atoms in total. The Labute approximate surface area is 200 Å². The number of hydrogen-bond acceptors (Lipinski definition) is 7. The van der Waals surface area contributed by atoms with E-state index in [0.29, 0.717) is 45.6 Å². The molecule has 1 atom stereocenters. The Hall–Kier alpha value is -4.60. The first-order valence-electron chi connectivity index (χ1n) is 11.1. The summed E-state index contributed by atoms with van der Waals surface area (Å²) in [6.07, 6.45) is 1.65. The zero-order valence-corrected chi connectivity index (χ0v) is 19.6. The van der Waals surface area contributed by atoms with Gasteiger partial charge in [-0.15, -0.1) is 5.10 Å². The van der Waals surface area contributed by atoms with Crippen molar-refractivity contribution in [2.75, 3.05) is 12.0 Å². The Morgan fingerprint density at radius 3 is 2.66 bits per heavy atom. The largest absolute Gasteiger partial charge is 0.480 e. The molecule has 0 saturated heterocycles. The van der Waals surface area contributed by atoms with Crippen LogP contribution in [-0.2, 0) is 7.05 Å². The van der Waals surface area contributed by atoms with Gasteiger partial charge in [-0.25, -0.2) is 19.6 Å². The number of fused-ring (bicyclic) bond motifs is 2. The normalized spacial score (nSPS) is 15.1. The second-order valence-corrected chi connectivity index (χ2v) is 8.58. The number of aryl methyl sites for hydroxylation is 3. The molecule has 0 aliphatic carbocycles. The number of carbonyl (C=O) groups is 1. The Morgan fingerprint density at radius 1 is 1.09 bits per heavy atom. The van der Waals surface area contributed by atoms with Gasteiger partial charge in [0.25, 0.3) is 5.91 Å². The van der Waals surface area contributed by atoms with Crippen molar-refractivity contribution in [1.29, 1.82) is 0 Å². The van der Waals surface area contributed by atoms with Crippen LogP contribution in [0.25, 0.3) is 22.6 Å². The molecule has 4 aromatic heterocycles. The summed E-state index contributed by atoms with van der Waals surface area (Å²) in [4.78, 5) is 32.6. The third-order valence-electron chi connectivity index (χ3n) is 6.28. The minimum absolute atomic E-state index is 0.239. The number of ether oxygens (including phenoxy) is 1. The molecule has 1 N–H and O–H groups in total. The van der Waals surface area contributed by atoms with E-state index >= 15 is 0 Å². The number of anilines is 1. The maximum atomic E-state index is 13.8. The molecular weight excluding hydrogens is 444 g/mol. The number of aromatic amines is 1. The topological polar surface area (TPSA) is 115 Å². The van der Waals surface area contributed by atoms with Gasteiger partial charge in [0.1, 0.15) is 23.2 Å². The van der Waals surface area contributed by atoms with Crippen molar-refractivity contribution in [2.45, 2.75) is 19.9 Å². The van der Waals surface area contributed by atoms with Crippen LogP contribution in [-0.4, -0.2) is 47.9 Å². The average molecular weight is 467 g/mol. The minimum Gasteiger partial charge on any atom is -0.480 e. The first-order valence-corrected chi connectivity index (χ1v) is 11.1. The summed E-state index contributed by atoms with van der Waals surface area (Å²) in [6.45, 7) is 3.97. The highest BCUT2D eigenvalue weighted by molar-refractivity contribution is 6.10. The molecule has 1 aliphatic heterocycles. The lowest BCUT2D eigenvalue weighted by Gasteiger charge is -2.25. The van der Waals surface area contributed by atoms with Crippen molar-refractivity contribution in [3.63, 3.8) is 0 Å². The Morgan fingerprint density at radius 2 is 1.89 bits per heavy atom. The van der Waals surface area contributed by atoms with Crippen LogP contribution in [0.15, 0.2) is 48.7 Å². The van der Waals surface area contributed by atoms with Crippen LogP contribution in [0.2, 0.25) is 0 Å². The fraction of sp³-hybridized carbons (Fsp3) is 0.200. The quantitative estimate of drug-likeness (QED) is 0.431. The van der Waals surface area contributed by atoms with Crippen LogP contribution in [0.5, 0.6) is 5.88 Å². The number of rotatable bonds is 4. The van der Waals surface area contributed by atoms with Crippen LogP contribution >= 0.6 is 0 Å². The third kappa shape index (κ3) is 3.17. The van der Waals surface area contributed by atoms with Crippen molar-refractivity contribution in [2.24, 2.45) is 7.05 Å². The number of pyridine rings is 2. The monoisotopic (exact) mass is 466 g/mol. The number of hydrogen-bond donors (Lipinski definition) is 1. The molecular formula is C25H22N8O2. The van der Waals surface area contributed by atoms with Gasteiger partial charge in [0, 0.05) is 13.2 Å². The summed E-state index contributed by atoms with van der Waals surface area (Å²) in [5.41, 5.74) is 6.00. The van der Waals surface area contributed by atoms with Crippen molar-refractivity contribution in [1.82, 2.24) is 34.9 Å². The lowest BCUT2D eigenvalue weighted by Crippen LogP contribution is -2.30. The van der Waals surface area contributed by atoms with Crippen LogP contribution < -0.4 is 9.64 Å². The number of methoxy groups -OCH3 is 1. The van der Waals surface area contributed by atoms with E-state index in [0.717, 1.165) is 16.7 Å². The van der Waals surface area contributed by atoms with Crippen molar-refractivity contribution in [3.8, 4) is 17.3 Å². The molecule has 0 bridgehead atoms. The van der Waals surface area contributed by atoms with Gasteiger partial charge in [0.15, 0.2) is 11.3 Å². The van der Waals surface area contributed by atoms with Gasteiger partial charge in [-0.2, -0.15) is 0 Å². The smallest absolute Gasteiger partial charge is 0.280 e. The highest BCUT2D eigenvalue weighted by Gasteiger charge is 2.43. The highest BCUT2D eigenvalue weighted by atomic mass is 16.5. The first-order chi connectivity index (χ1) is 17.0. The van der Waals surface area contributed by atoms with Gasteiger partial charge < -0.3 is 9.72 Å². The molecule has 174 valence electrons. The zero-order chi connectivity index (χ0) is 24.3. The summed E-state index contributed by atoms with van der Waals surface area (Å²) in [5, 5.41) is 8.28. The number of carbonyl (C=O) groups excluding carboxylic acids is 1. The lowest BCUT2D eigenvalue weighted by molar-refractivity contribution is 0.0989. The van der Waals surface area contributed by atoms with Gasteiger partial charge in [0.05, 0.1) is 18.4 Å². The summed E-state index contributed by atoms with van der Waals surface area (Å²) >= 11 is 0. The van der Waals surface area contributed by atoms with E-state index in [9.17, 15) is 4.79 Å². The van der Waals surface area contributed by atoms with E-state index in [2.05, 4.69) is 25.3 Å². The Balaban J connectivity index is 1.54. The number of amides is 1. The number of nitrogens with one attached hydrogen (secondary N) is 1. The standard InChI is InChI=1S/C25H22N8O2/c1-13-7-9-15(10-8-13)21-19-20(29-22(28-19)16-6-5-11-26-24(16)35-4)25(34)33(21)17-12-14(2)18-23(27-17)32(3)31-30-18/h5-12,21H,1-4H3,(H,28,29)/t21-/m1/s1. The van der Waals surface area contributed by atoms with Crippen molar-refractivity contribution >= 4 is 22.9 Å². The molecule has 5 aromatic rings. The molecule has 0 radical (unpaired) electrons. The fourth-order valence-corrected chi connectivity index (χ4v) is 4.53. The number of H-pyrrole nitrogens is 1. The molecule has 0 unspecified atom stereocenters. The number of benzene rings is 1. The van der Waals surface area contributed by atoms with Crippen LogP contribution in [0.1, 0.15) is 38.9 Å². The summed E-state index contributed by atoms with van der Waals surface area (Å²) < 4.78 is 7.02. The van der Waals surface area contributed by atoms with E-state index in [-0.39, 0.29) is 5.91 Å². The number of nitrogens with zero attached hydrogens (tertiary/aromatic N) is 7. The lowest BCUT2D eigenvalue weighted by atomic mass is 10.0. The van der Waals surface area contributed by atoms with E-state index in [4.69, 9.17) is 9.72 Å². The van der Waals surface area contributed by atoms with Gasteiger partial charge in [-0.05, 0) is 43.2 Å². The van der Waals surface area contributed by atoms with Crippen LogP contribution in [0.4, 0.5) is 5.82 Å². The maximum Gasteiger partial charge on any atom is 0.280 e. The molecule has 1 amide bonds. The first kappa shape index (κ1) is 21.0. The zero-order valence-electron chi connectivity index (χ0n) is 19.6. The molecule has 1 aromatic carbocycles. The van der Waals surface area contributed by atoms with E-state index in [1.165, 1.54) is 0 Å². The van der Waals surface area contributed by atoms with Gasteiger partial charge in [0.2, 0.25) is 5.88 Å². The molecule has 0 fully saturated rings. The molecule has 5 heterocycles. The summed E-state index contributed by atoms with van der Waals surface area (Å²) in [5.74, 6) is 1.24. The SMILES string of the molecule is COc1ncccc1-c1nc2c([nH]1)[C@@H](c1ccc(C)cc1)N(c1cc(C)c3nnn(C)c3n1)C2=O. The summed E-state index contributed by atoms with van der Waals surface area (Å²) in [6, 6.07) is 13.2. The van der Waals surface area contributed by atoms with E-state index in [1.807, 2.05) is 50.2 Å². The highest BCUT2D eigenvalue weighted by Crippen LogP contribution is 2.42. The molecule has 6 rings (SSSR count). The molecule has 0 spiro atoms. The molecule has 0 saturated carbocycles. The minimum atomic E-state index is -0.437. The second kappa shape index (κ2) is 7.73. The van der Waals surface area contributed by atoms with Gasteiger partial charge in [-0.3, -0.25) is 9.69 Å². The maximum absolute atomic E-state index is 13.8. The summed E-state index contributed by atoms with van der Waals surface area (Å²) in [7, 11) is 3.34. The number of imidazole rings is 1. The van der Waals surface area contributed by atoms with Gasteiger partial charge >= 0.3 is 0 Å². The van der Waals surface area contributed by atoms with Gasteiger partial charge in [-0.1, -0.05) is 35.0 Å². The van der Waals surface area contributed by atoms with E-state index < -0.39 is 6.04 Å². The van der Waals surface area contributed by atoms with Crippen molar-refractivity contribution < 1.29 is 9.53 Å². The predicted molar refractivity (Wildman–Crippen MR) is 129 cm³/mol. The molecule has 35 heavy (non-hydrogen) atoms. The number of aromatic nitrogens is 7. The Bertz CT molecular complexity index is 1600.